The zero-order valence-electron chi connectivity index (χ0n) is 28.5. The van der Waals surface area contributed by atoms with Crippen LogP contribution in [0, 0.1) is 0 Å². The molecule has 332 valence electrons. The molecule has 0 spiro atoms. The lowest BCUT2D eigenvalue weighted by molar-refractivity contribution is -0.482. The normalized spacial score (nSPS) is 15.6. The van der Waals surface area contributed by atoms with Gasteiger partial charge in [-0.3, -0.25) is 0 Å². The average Bonchev–Trinajstić information content (AvgIpc) is 3.02. The molecule has 0 saturated carbocycles. The van der Waals surface area contributed by atoms with Gasteiger partial charge in [0.05, 0.1) is 0 Å². The van der Waals surface area contributed by atoms with Crippen LogP contribution in [0.5, 0.6) is 0 Å². The summed E-state index contributed by atoms with van der Waals surface area (Å²) in [6.07, 6.45) is -1.41. The van der Waals surface area contributed by atoms with Crippen molar-refractivity contribution >= 4 is 0 Å². The maximum Gasteiger partial charge on any atom is 0.460 e. The first kappa shape index (κ1) is 53.2. The molecule has 0 aromatic heterocycles. The molecule has 0 radical (unpaired) electrons. The van der Waals surface area contributed by atoms with Gasteiger partial charge in [-0.2, -0.15) is 110 Å². The number of halogens is 25. The first-order chi connectivity index (χ1) is 24.3. The second-order valence-corrected chi connectivity index (χ2v) is 13.0. The van der Waals surface area contributed by atoms with E-state index in [1.807, 2.05) is 0 Å². The van der Waals surface area contributed by atoms with Crippen LogP contribution in [0.1, 0.15) is 116 Å². The van der Waals surface area contributed by atoms with Gasteiger partial charge in [0.15, 0.2) is 0 Å². The monoisotopic (exact) mass is 872 g/mol. The minimum atomic E-state index is -9.57. The highest BCUT2D eigenvalue weighted by Crippen LogP contribution is 2.68. The Bertz CT molecular complexity index is 1150. The smallest absolute Gasteiger partial charge is 0.200 e. The van der Waals surface area contributed by atoms with Gasteiger partial charge in [0.1, 0.15) is 0 Å². The van der Waals surface area contributed by atoms with Crippen LogP contribution in [0.2, 0.25) is 0 Å². The Morgan fingerprint density at radius 3 is 0.618 bits per heavy atom. The highest BCUT2D eigenvalue weighted by Gasteiger charge is 2.99. The van der Waals surface area contributed by atoms with Crippen molar-refractivity contribution < 1.29 is 110 Å². The molecule has 0 N–H and O–H groups in total. The van der Waals surface area contributed by atoms with Gasteiger partial charge in [0.25, 0.3) is 0 Å². The summed E-state index contributed by atoms with van der Waals surface area (Å²) in [6.45, 7) is 2.07. The molecule has 0 unspecified atom stereocenters. The Kier molecular flexibility index (Phi) is 17.5. The van der Waals surface area contributed by atoms with E-state index < -0.39 is 90.6 Å². The molecule has 0 aliphatic carbocycles. The third-order valence-corrected chi connectivity index (χ3v) is 8.71. The Morgan fingerprint density at radius 2 is 0.400 bits per heavy atom. The van der Waals surface area contributed by atoms with E-state index in [4.69, 9.17) is 0 Å². The lowest BCUT2D eigenvalue weighted by atomic mass is 9.84. The van der Waals surface area contributed by atoms with Gasteiger partial charge in [-0.1, -0.05) is 103 Å². The van der Waals surface area contributed by atoms with Gasteiger partial charge in [0, 0.05) is 6.42 Å². The Hall–Kier alpha value is -1.75. The van der Waals surface area contributed by atoms with Gasteiger partial charge < -0.3 is 0 Å². The van der Waals surface area contributed by atoms with Crippen LogP contribution >= 0.6 is 0 Å². The van der Waals surface area contributed by atoms with E-state index in [9.17, 15) is 110 Å². The van der Waals surface area contributed by atoms with Crippen molar-refractivity contribution in [2.45, 2.75) is 187 Å². The van der Waals surface area contributed by atoms with E-state index >= 15 is 0 Å². The highest BCUT2D eigenvalue weighted by atomic mass is 19.4. The topological polar surface area (TPSA) is 0 Å². The highest BCUT2D eigenvalue weighted by molar-refractivity contribution is 5.19. The van der Waals surface area contributed by atoms with Crippen molar-refractivity contribution in [2.24, 2.45) is 0 Å². The van der Waals surface area contributed by atoms with E-state index in [-0.39, 0.29) is 12.8 Å². The number of hydrogen-bond acceptors (Lipinski definition) is 0. The van der Waals surface area contributed by atoms with Crippen molar-refractivity contribution in [3.63, 3.8) is 0 Å². The SMILES string of the molecule is CCCCCCCCCCCCCCCCCCC(F)(F)C(F)(F)C(F)(F)C(F)(F)C(F)(F)C(F)(F)C(F)(F)C(F)(F)C(F)(F)C(F)(F)C(F)(F)C(F)(F)F. The van der Waals surface area contributed by atoms with Crippen LogP contribution in [0.4, 0.5) is 110 Å². The quantitative estimate of drug-likeness (QED) is 0.0570. The second kappa shape index (κ2) is 18.0. The molecule has 0 aromatic rings. The summed E-state index contributed by atoms with van der Waals surface area (Å²) in [5.41, 5.74) is 0. The molecule has 25 heteroatoms. The molecule has 55 heavy (non-hydrogen) atoms. The van der Waals surface area contributed by atoms with E-state index in [1.165, 1.54) is 0 Å². The van der Waals surface area contributed by atoms with Crippen LogP contribution in [0.15, 0.2) is 0 Å². The summed E-state index contributed by atoms with van der Waals surface area (Å²) in [6, 6.07) is 0. The summed E-state index contributed by atoms with van der Waals surface area (Å²) >= 11 is 0. The molecule has 0 rings (SSSR count). The molecule has 0 aliphatic heterocycles. The summed E-state index contributed by atoms with van der Waals surface area (Å²) in [5.74, 6) is -97.6. The molecule has 0 aliphatic rings. The Morgan fingerprint density at radius 1 is 0.218 bits per heavy atom. The van der Waals surface area contributed by atoms with Crippen molar-refractivity contribution in [2.75, 3.05) is 0 Å². The van der Waals surface area contributed by atoms with Crippen LogP contribution in [0.3, 0.4) is 0 Å². The molecular weight excluding hydrogens is 835 g/mol. The minimum absolute atomic E-state index is 0.0991. The van der Waals surface area contributed by atoms with Gasteiger partial charge >= 0.3 is 71.3 Å². The van der Waals surface area contributed by atoms with E-state index in [2.05, 4.69) is 6.92 Å². The Balaban J connectivity index is 5.83. The maximum atomic E-state index is 14.1. The van der Waals surface area contributed by atoms with Crippen LogP contribution < -0.4 is 0 Å². The molecule has 0 amide bonds. The van der Waals surface area contributed by atoms with Crippen LogP contribution in [0.25, 0.3) is 0 Å². The fraction of sp³-hybridized carbons (Fsp3) is 1.00. The van der Waals surface area contributed by atoms with Crippen molar-refractivity contribution in [1.29, 1.82) is 0 Å². The molecular formula is C30H37F25. The van der Waals surface area contributed by atoms with Crippen molar-refractivity contribution in [3.05, 3.63) is 0 Å². The van der Waals surface area contributed by atoms with Gasteiger partial charge in [-0.05, 0) is 6.42 Å². The average molecular weight is 873 g/mol. The summed E-state index contributed by atoms with van der Waals surface area (Å²) in [5, 5.41) is 0. The molecule has 0 heterocycles. The third-order valence-electron chi connectivity index (χ3n) is 8.71. The van der Waals surface area contributed by atoms with Crippen LogP contribution in [-0.4, -0.2) is 71.3 Å². The number of unbranched alkanes of at least 4 members (excludes halogenated alkanes) is 15. The van der Waals surface area contributed by atoms with Gasteiger partial charge in [0.2, 0.25) is 0 Å². The molecule has 0 atom stereocenters. The second-order valence-electron chi connectivity index (χ2n) is 13.0. The fourth-order valence-electron chi connectivity index (χ4n) is 5.04. The predicted molar refractivity (Wildman–Crippen MR) is 145 cm³/mol. The minimum Gasteiger partial charge on any atom is -0.200 e. The molecule has 0 aromatic carbocycles. The molecule has 0 fully saturated rings. The van der Waals surface area contributed by atoms with Gasteiger partial charge in [-0.15, -0.1) is 0 Å². The number of alkyl halides is 25. The van der Waals surface area contributed by atoms with Crippen molar-refractivity contribution in [1.82, 2.24) is 0 Å². The standard InChI is InChI=1S/C30H37F25/c1-2-3-4-5-6-7-8-9-10-11-12-13-14-15-16-17-18-19(31,32)20(33,34)21(35,36)22(37,38)23(39,40)24(41,42)25(43,44)26(45,46)27(47,48)28(49,50)29(51,52)30(53,54)55/h2-18H2,1H3. The Labute approximate surface area is 297 Å². The zero-order valence-corrected chi connectivity index (χ0v) is 28.5. The predicted octanol–water partition coefficient (Wildman–Crippen LogP) is 15.2. The zero-order chi connectivity index (χ0) is 44.0. The number of rotatable bonds is 27. The first-order valence-corrected chi connectivity index (χ1v) is 16.5. The third kappa shape index (κ3) is 9.76. The largest absolute Gasteiger partial charge is 0.460 e. The molecule has 0 saturated heterocycles. The number of hydrogen-bond donors (Lipinski definition) is 0. The van der Waals surface area contributed by atoms with Crippen LogP contribution in [-0.2, 0) is 0 Å². The lowest BCUT2D eigenvalue weighted by Gasteiger charge is -2.45. The maximum absolute atomic E-state index is 14.1. The first-order valence-electron chi connectivity index (χ1n) is 16.5. The molecule has 0 nitrogen and oxygen atoms in total. The van der Waals surface area contributed by atoms with E-state index in [0.717, 1.165) is 64.2 Å². The fourth-order valence-corrected chi connectivity index (χ4v) is 5.04. The molecule has 0 bridgehead atoms. The summed E-state index contributed by atoms with van der Waals surface area (Å²) in [4.78, 5) is 0. The van der Waals surface area contributed by atoms with E-state index in [1.54, 1.807) is 0 Å². The summed E-state index contributed by atoms with van der Waals surface area (Å²) in [7, 11) is 0. The lowest BCUT2D eigenvalue weighted by Crippen LogP contribution is -2.78. The van der Waals surface area contributed by atoms with Crippen molar-refractivity contribution in [3.8, 4) is 0 Å². The van der Waals surface area contributed by atoms with E-state index in [0.29, 0.717) is 12.8 Å². The van der Waals surface area contributed by atoms with Gasteiger partial charge in [-0.25, -0.2) is 0 Å². The summed E-state index contributed by atoms with van der Waals surface area (Å²) < 4.78 is 339.